The average Bonchev–Trinajstić information content (AvgIpc) is 3.28. The number of hydrogen-bond acceptors (Lipinski definition) is 2. The van der Waals surface area contributed by atoms with Crippen molar-refractivity contribution in [1.82, 2.24) is 14.5 Å². The van der Waals surface area contributed by atoms with Gasteiger partial charge in [-0.3, -0.25) is 0 Å². The molecule has 6 heteroatoms. The number of aryl methyl sites for hydroxylation is 1. The molecule has 3 nitrogen and oxygen atoms in total. The average molecular weight is 346 g/mol. The smallest absolute Gasteiger partial charge is 0.140 e. The van der Waals surface area contributed by atoms with Crippen LogP contribution in [0.25, 0.3) is 22.5 Å². The zero-order valence-corrected chi connectivity index (χ0v) is 13.7. The highest BCUT2D eigenvalue weighted by atomic mass is 35.5. The summed E-state index contributed by atoms with van der Waals surface area (Å²) in [4.78, 5) is 8.55. The van der Waals surface area contributed by atoms with Gasteiger partial charge in [-0.25, -0.2) is 18.7 Å². The largest absolute Gasteiger partial charge is 0.334 e. The van der Waals surface area contributed by atoms with Gasteiger partial charge in [-0.15, -0.1) is 0 Å². The van der Waals surface area contributed by atoms with Crippen LogP contribution in [0.2, 0.25) is 5.15 Å². The first kappa shape index (κ1) is 15.3. The molecule has 0 saturated heterocycles. The van der Waals surface area contributed by atoms with Gasteiger partial charge in [0.15, 0.2) is 0 Å². The van der Waals surface area contributed by atoms with Gasteiger partial charge >= 0.3 is 0 Å². The van der Waals surface area contributed by atoms with Crippen molar-refractivity contribution in [2.24, 2.45) is 7.05 Å². The summed E-state index contributed by atoms with van der Waals surface area (Å²) < 4.78 is 30.2. The van der Waals surface area contributed by atoms with Crippen LogP contribution in [-0.4, -0.2) is 14.5 Å². The molecule has 1 aromatic carbocycles. The lowest BCUT2D eigenvalue weighted by Gasteiger charge is -2.13. The van der Waals surface area contributed by atoms with Crippen LogP contribution in [0.4, 0.5) is 8.78 Å². The summed E-state index contributed by atoms with van der Waals surface area (Å²) >= 11 is 6.14. The molecule has 1 fully saturated rings. The second-order valence-electron chi connectivity index (χ2n) is 6.05. The molecule has 122 valence electrons. The molecule has 0 unspecified atom stereocenters. The van der Waals surface area contributed by atoms with Crippen LogP contribution >= 0.6 is 11.6 Å². The molecule has 0 amide bonds. The molecule has 4 rings (SSSR count). The van der Waals surface area contributed by atoms with Crippen molar-refractivity contribution in [3.05, 3.63) is 59.1 Å². The molecule has 1 saturated carbocycles. The minimum Gasteiger partial charge on any atom is -0.334 e. The number of aromatic nitrogens is 3. The summed E-state index contributed by atoms with van der Waals surface area (Å²) in [6.45, 7) is 0. The fourth-order valence-electron chi connectivity index (χ4n) is 2.92. The Kier molecular flexibility index (Phi) is 3.61. The van der Waals surface area contributed by atoms with E-state index < -0.39 is 11.6 Å². The summed E-state index contributed by atoms with van der Waals surface area (Å²) in [5, 5.41) is 0.309. The van der Waals surface area contributed by atoms with Crippen LogP contribution in [-0.2, 0) is 7.05 Å². The zero-order chi connectivity index (χ0) is 16.8. The lowest BCUT2D eigenvalue weighted by Crippen LogP contribution is -1.99. The van der Waals surface area contributed by atoms with Crippen LogP contribution in [0, 0.1) is 11.6 Å². The highest BCUT2D eigenvalue weighted by molar-refractivity contribution is 6.29. The molecule has 24 heavy (non-hydrogen) atoms. The van der Waals surface area contributed by atoms with Crippen molar-refractivity contribution in [2.45, 2.75) is 18.8 Å². The van der Waals surface area contributed by atoms with Gasteiger partial charge in [-0.05, 0) is 36.6 Å². The predicted molar refractivity (Wildman–Crippen MR) is 88.8 cm³/mol. The van der Waals surface area contributed by atoms with E-state index in [-0.39, 0.29) is 5.56 Å². The normalized spacial score (nSPS) is 14.2. The maximum Gasteiger partial charge on any atom is 0.140 e. The number of pyridine rings is 1. The molecule has 1 aliphatic rings. The Labute approximate surface area is 142 Å². The van der Waals surface area contributed by atoms with Crippen molar-refractivity contribution < 1.29 is 8.78 Å². The maximum absolute atomic E-state index is 14.7. The first-order chi connectivity index (χ1) is 11.5. The molecule has 0 atom stereocenters. The molecule has 1 aliphatic carbocycles. The Morgan fingerprint density at radius 3 is 2.62 bits per heavy atom. The first-order valence-corrected chi connectivity index (χ1v) is 8.05. The van der Waals surface area contributed by atoms with Gasteiger partial charge < -0.3 is 4.57 Å². The second-order valence-corrected chi connectivity index (χ2v) is 6.44. The van der Waals surface area contributed by atoms with E-state index in [4.69, 9.17) is 11.6 Å². The Morgan fingerprint density at radius 1 is 1.17 bits per heavy atom. The summed E-state index contributed by atoms with van der Waals surface area (Å²) in [7, 11) is 1.78. The van der Waals surface area contributed by atoms with Crippen LogP contribution in [0.1, 0.15) is 24.5 Å². The van der Waals surface area contributed by atoms with Gasteiger partial charge in [0.05, 0.1) is 0 Å². The van der Waals surface area contributed by atoms with E-state index in [1.807, 2.05) is 6.07 Å². The van der Waals surface area contributed by atoms with Gasteiger partial charge in [0, 0.05) is 48.2 Å². The number of halogens is 3. The minimum absolute atomic E-state index is 0.289. The summed E-state index contributed by atoms with van der Waals surface area (Å²) in [5.41, 5.74) is 2.13. The Balaban J connectivity index is 1.97. The molecule has 2 heterocycles. The van der Waals surface area contributed by atoms with Crippen LogP contribution in [0.15, 0.2) is 36.7 Å². The third-order valence-electron chi connectivity index (χ3n) is 4.22. The third-order valence-corrected chi connectivity index (χ3v) is 4.41. The van der Waals surface area contributed by atoms with Gasteiger partial charge in [0.1, 0.15) is 22.6 Å². The van der Waals surface area contributed by atoms with Crippen LogP contribution in [0.5, 0.6) is 0 Å². The van der Waals surface area contributed by atoms with E-state index in [1.165, 1.54) is 6.07 Å². The SMILES string of the molecule is Cn1ccnc1-c1cc(F)cc(F)c1-c1cc(Cl)nc(C2CC2)c1. The molecule has 0 radical (unpaired) electrons. The summed E-state index contributed by atoms with van der Waals surface area (Å²) in [6, 6.07) is 5.63. The minimum atomic E-state index is -0.642. The quantitative estimate of drug-likeness (QED) is 0.628. The molecule has 0 spiro atoms. The zero-order valence-electron chi connectivity index (χ0n) is 12.9. The molecule has 2 aromatic heterocycles. The number of nitrogens with zero attached hydrogens (tertiary/aromatic N) is 3. The van der Waals surface area contributed by atoms with Crippen LogP contribution in [0.3, 0.4) is 0 Å². The predicted octanol–water partition coefficient (Wildman–Crippen LogP) is 4.96. The van der Waals surface area contributed by atoms with E-state index in [2.05, 4.69) is 9.97 Å². The number of rotatable bonds is 3. The van der Waals surface area contributed by atoms with E-state index in [0.717, 1.165) is 24.6 Å². The first-order valence-electron chi connectivity index (χ1n) is 7.67. The van der Waals surface area contributed by atoms with E-state index in [1.54, 1.807) is 30.1 Å². The molecule has 0 aliphatic heterocycles. The second kappa shape index (κ2) is 5.67. The van der Waals surface area contributed by atoms with E-state index in [0.29, 0.717) is 28.0 Å². The topological polar surface area (TPSA) is 30.7 Å². The molecule has 0 N–H and O–H groups in total. The van der Waals surface area contributed by atoms with Crippen molar-refractivity contribution in [3.8, 4) is 22.5 Å². The van der Waals surface area contributed by atoms with Crippen molar-refractivity contribution in [1.29, 1.82) is 0 Å². The van der Waals surface area contributed by atoms with Gasteiger partial charge in [-0.2, -0.15) is 0 Å². The summed E-state index contributed by atoms with van der Waals surface area (Å²) in [6.07, 6.45) is 5.45. The maximum atomic E-state index is 14.7. The van der Waals surface area contributed by atoms with Crippen LogP contribution < -0.4 is 0 Å². The highest BCUT2D eigenvalue weighted by Crippen LogP contribution is 2.42. The monoisotopic (exact) mass is 345 g/mol. The lowest BCUT2D eigenvalue weighted by molar-refractivity contribution is 0.586. The molecule has 3 aromatic rings. The van der Waals surface area contributed by atoms with Gasteiger partial charge in [0.2, 0.25) is 0 Å². The van der Waals surface area contributed by atoms with E-state index in [9.17, 15) is 8.78 Å². The Hall–Kier alpha value is -2.27. The van der Waals surface area contributed by atoms with Gasteiger partial charge in [-0.1, -0.05) is 11.6 Å². The molecular weight excluding hydrogens is 332 g/mol. The third kappa shape index (κ3) is 2.69. The van der Waals surface area contributed by atoms with Gasteiger partial charge in [0.25, 0.3) is 0 Å². The highest BCUT2D eigenvalue weighted by Gasteiger charge is 2.27. The van der Waals surface area contributed by atoms with Crippen molar-refractivity contribution in [3.63, 3.8) is 0 Å². The number of imidazole rings is 1. The number of benzene rings is 1. The number of hydrogen-bond donors (Lipinski definition) is 0. The lowest BCUT2D eigenvalue weighted by atomic mass is 9.97. The molecule has 0 bridgehead atoms. The Bertz CT molecular complexity index is 932. The fourth-order valence-corrected chi connectivity index (χ4v) is 3.13. The fraction of sp³-hybridized carbons (Fsp3) is 0.222. The molecular formula is C18H14ClF2N3. The van der Waals surface area contributed by atoms with Crippen molar-refractivity contribution in [2.75, 3.05) is 0 Å². The standard InChI is InChI=1S/C18H14ClF2N3/c1-24-5-4-22-18(24)13-8-12(20)9-14(21)17(13)11-6-15(10-2-3-10)23-16(19)7-11/h4-10H,2-3H2,1H3. The summed E-state index contributed by atoms with van der Waals surface area (Å²) in [5.74, 6) is -0.416. The Morgan fingerprint density at radius 2 is 1.96 bits per heavy atom. The van der Waals surface area contributed by atoms with E-state index >= 15 is 0 Å². The van der Waals surface area contributed by atoms with Crippen molar-refractivity contribution >= 4 is 11.6 Å².